The molecule has 29 heavy (non-hydrogen) atoms. The number of carbonyl (C=O) groups is 1. The van der Waals surface area contributed by atoms with E-state index in [1.54, 1.807) is 6.07 Å². The van der Waals surface area contributed by atoms with Crippen molar-refractivity contribution >= 4 is 17.6 Å². The number of aliphatic imine (C=N–C) groups is 1. The molecular formula is C22H30N4O3. The first-order chi connectivity index (χ1) is 14.1. The van der Waals surface area contributed by atoms with Crippen LogP contribution in [0.3, 0.4) is 0 Å². The van der Waals surface area contributed by atoms with Gasteiger partial charge < -0.3 is 25.0 Å². The number of para-hydroxylation sites is 1. The summed E-state index contributed by atoms with van der Waals surface area (Å²) in [5, 5.41) is 6.02. The fraction of sp³-hybridized carbons (Fsp3) is 0.364. The standard InChI is InChI=1S/C22H30N4O3/c1-4-23-22(26(3)14-16-29-20-10-6-5-7-11-20)24-13-15-28-21-12-8-9-19(17-21)25-18(2)27/h5-12,17H,4,13-16H2,1-3H3,(H,23,24)(H,25,27). The number of likely N-dealkylation sites (N-methyl/N-ethyl adjacent to an activating group) is 1. The molecule has 0 fully saturated rings. The van der Waals surface area contributed by atoms with E-state index in [0.717, 1.165) is 18.3 Å². The zero-order chi connectivity index (χ0) is 20.9. The molecule has 0 aliphatic heterocycles. The number of benzene rings is 2. The summed E-state index contributed by atoms with van der Waals surface area (Å²) in [4.78, 5) is 17.8. The molecule has 0 bridgehead atoms. The highest BCUT2D eigenvalue weighted by atomic mass is 16.5. The Hall–Kier alpha value is -3.22. The van der Waals surface area contributed by atoms with Gasteiger partial charge in [0.25, 0.3) is 0 Å². The average molecular weight is 399 g/mol. The highest BCUT2D eigenvalue weighted by Gasteiger charge is 2.06. The molecular weight excluding hydrogens is 368 g/mol. The fourth-order valence-corrected chi connectivity index (χ4v) is 2.57. The lowest BCUT2D eigenvalue weighted by Crippen LogP contribution is -2.41. The number of nitrogens with zero attached hydrogens (tertiary/aromatic N) is 2. The van der Waals surface area contributed by atoms with Crippen molar-refractivity contribution in [3.8, 4) is 11.5 Å². The smallest absolute Gasteiger partial charge is 0.221 e. The molecule has 0 aromatic heterocycles. The van der Waals surface area contributed by atoms with Gasteiger partial charge in [-0.3, -0.25) is 4.79 Å². The topological polar surface area (TPSA) is 75.2 Å². The molecule has 0 radical (unpaired) electrons. The van der Waals surface area contributed by atoms with Crippen LogP contribution in [-0.4, -0.2) is 56.7 Å². The Morgan fingerprint density at radius 2 is 1.76 bits per heavy atom. The zero-order valence-electron chi connectivity index (χ0n) is 17.4. The van der Waals surface area contributed by atoms with Crippen LogP contribution in [0.4, 0.5) is 5.69 Å². The third kappa shape index (κ3) is 8.55. The van der Waals surface area contributed by atoms with Crippen molar-refractivity contribution in [3.63, 3.8) is 0 Å². The van der Waals surface area contributed by atoms with Crippen LogP contribution in [0.5, 0.6) is 11.5 Å². The fourth-order valence-electron chi connectivity index (χ4n) is 2.57. The number of anilines is 1. The van der Waals surface area contributed by atoms with Crippen LogP contribution in [0, 0.1) is 0 Å². The van der Waals surface area contributed by atoms with Gasteiger partial charge in [0.15, 0.2) is 5.96 Å². The van der Waals surface area contributed by atoms with Gasteiger partial charge in [0.2, 0.25) is 5.91 Å². The van der Waals surface area contributed by atoms with E-state index in [9.17, 15) is 4.79 Å². The van der Waals surface area contributed by atoms with Gasteiger partial charge in [0.05, 0.1) is 13.1 Å². The van der Waals surface area contributed by atoms with Gasteiger partial charge in [-0.05, 0) is 31.2 Å². The molecule has 0 spiro atoms. The second-order valence-corrected chi connectivity index (χ2v) is 6.38. The Kier molecular flexibility index (Phi) is 9.35. The number of ether oxygens (including phenoxy) is 2. The highest BCUT2D eigenvalue weighted by molar-refractivity contribution is 5.88. The monoisotopic (exact) mass is 398 g/mol. The van der Waals surface area contributed by atoms with Crippen molar-refractivity contribution in [2.75, 3.05) is 45.2 Å². The van der Waals surface area contributed by atoms with E-state index in [0.29, 0.717) is 37.7 Å². The number of hydrogen-bond acceptors (Lipinski definition) is 4. The summed E-state index contributed by atoms with van der Waals surface area (Å²) in [7, 11) is 1.98. The van der Waals surface area contributed by atoms with Crippen molar-refractivity contribution in [2.24, 2.45) is 4.99 Å². The quantitative estimate of drug-likeness (QED) is 0.366. The summed E-state index contributed by atoms with van der Waals surface area (Å²) < 4.78 is 11.5. The lowest BCUT2D eigenvalue weighted by Gasteiger charge is -2.22. The molecule has 2 aromatic carbocycles. The second kappa shape index (κ2) is 12.3. The molecule has 0 atom stereocenters. The predicted octanol–water partition coefficient (Wildman–Crippen LogP) is 3.00. The summed E-state index contributed by atoms with van der Waals surface area (Å²) in [6.07, 6.45) is 0. The summed E-state index contributed by atoms with van der Waals surface area (Å²) in [5.74, 6) is 2.25. The second-order valence-electron chi connectivity index (χ2n) is 6.38. The Balaban J connectivity index is 1.79. The number of carbonyl (C=O) groups excluding carboxylic acids is 1. The first kappa shape index (κ1) is 22.1. The van der Waals surface area contributed by atoms with Gasteiger partial charge in [-0.15, -0.1) is 0 Å². The van der Waals surface area contributed by atoms with Crippen molar-refractivity contribution in [1.82, 2.24) is 10.2 Å². The van der Waals surface area contributed by atoms with Crippen LogP contribution in [0.2, 0.25) is 0 Å². The molecule has 156 valence electrons. The van der Waals surface area contributed by atoms with Crippen molar-refractivity contribution in [2.45, 2.75) is 13.8 Å². The molecule has 0 unspecified atom stereocenters. The van der Waals surface area contributed by atoms with Crippen LogP contribution in [0.15, 0.2) is 59.6 Å². The maximum absolute atomic E-state index is 11.2. The molecule has 1 amide bonds. The van der Waals surface area contributed by atoms with Gasteiger partial charge in [-0.25, -0.2) is 4.99 Å². The minimum Gasteiger partial charge on any atom is -0.492 e. The Morgan fingerprint density at radius 1 is 1.03 bits per heavy atom. The molecule has 0 aliphatic rings. The molecule has 0 saturated carbocycles. The number of nitrogens with one attached hydrogen (secondary N) is 2. The largest absolute Gasteiger partial charge is 0.492 e. The molecule has 7 heteroatoms. The lowest BCUT2D eigenvalue weighted by atomic mass is 10.3. The molecule has 0 saturated heterocycles. The number of rotatable bonds is 10. The summed E-state index contributed by atoms with van der Waals surface area (Å²) in [6.45, 7) is 6.52. The van der Waals surface area contributed by atoms with Gasteiger partial charge in [-0.1, -0.05) is 24.3 Å². The summed E-state index contributed by atoms with van der Waals surface area (Å²) >= 11 is 0. The maximum Gasteiger partial charge on any atom is 0.221 e. The Morgan fingerprint density at radius 3 is 2.48 bits per heavy atom. The summed E-state index contributed by atoms with van der Waals surface area (Å²) in [6, 6.07) is 17.1. The first-order valence-electron chi connectivity index (χ1n) is 9.76. The average Bonchev–Trinajstić information content (AvgIpc) is 2.71. The van der Waals surface area contributed by atoms with E-state index in [-0.39, 0.29) is 5.91 Å². The third-order valence-electron chi connectivity index (χ3n) is 3.91. The van der Waals surface area contributed by atoms with Gasteiger partial charge in [-0.2, -0.15) is 0 Å². The van der Waals surface area contributed by atoms with Crippen molar-refractivity contribution in [3.05, 3.63) is 54.6 Å². The Bertz CT molecular complexity index is 781. The molecule has 2 aromatic rings. The van der Waals surface area contributed by atoms with E-state index in [1.165, 1.54) is 6.92 Å². The van der Waals surface area contributed by atoms with Gasteiger partial charge in [0, 0.05) is 32.3 Å². The number of amides is 1. The SMILES string of the molecule is CCNC(=NCCOc1cccc(NC(C)=O)c1)N(C)CCOc1ccccc1. The van der Waals surface area contributed by atoms with E-state index in [2.05, 4.69) is 15.6 Å². The normalized spacial score (nSPS) is 10.9. The summed E-state index contributed by atoms with van der Waals surface area (Å²) in [5.41, 5.74) is 0.713. The minimum absolute atomic E-state index is 0.110. The molecule has 7 nitrogen and oxygen atoms in total. The Labute approximate surface area is 172 Å². The van der Waals surface area contributed by atoms with E-state index in [4.69, 9.17) is 9.47 Å². The van der Waals surface area contributed by atoms with Crippen molar-refractivity contribution in [1.29, 1.82) is 0 Å². The predicted molar refractivity (Wildman–Crippen MR) is 117 cm³/mol. The van der Waals surface area contributed by atoms with E-state index in [1.807, 2.05) is 67.4 Å². The maximum atomic E-state index is 11.2. The number of hydrogen-bond donors (Lipinski definition) is 2. The van der Waals surface area contributed by atoms with Gasteiger partial charge >= 0.3 is 0 Å². The zero-order valence-corrected chi connectivity index (χ0v) is 17.4. The molecule has 0 aliphatic carbocycles. The first-order valence-corrected chi connectivity index (χ1v) is 9.76. The minimum atomic E-state index is -0.110. The van der Waals surface area contributed by atoms with Crippen LogP contribution in [0.25, 0.3) is 0 Å². The lowest BCUT2D eigenvalue weighted by molar-refractivity contribution is -0.114. The van der Waals surface area contributed by atoms with Crippen LogP contribution in [-0.2, 0) is 4.79 Å². The van der Waals surface area contributed by atoms with E-state index < -0.39 is 0 Å². The van der Waals surface area contributed by atoms with Crippen LogP contribution in [0.1, 0.15) is 13.8 Å². The van der Waals surface area contributed by atoms with Gasteiger partial charge in [0.1, 0.15) is 24.7 Å². The highest BCUT2D eigenvalue weighted by Crippen LogP contribution is 2.17. The van der Waals surface area contributed by atoms with E-state index >= 15 is 0 Å². The molecule has 2 rings (SSSR count). The molecule has 0 heterocycles. The van der Waals surface area contributed by atoms with Crippen LogP contribution < -0.4 is 20.1 Å². The van der Waals surface area contributed by atoms with Crippen LogP contribution >= 0.6 is 0 Å². The van der Waals surface area contributed by atoms with Crippen molar-refractivity contribution < 1.29 is 14.3 Å². The third-order valence-corrected chi connectivity index (χ3v) is 3.91. The molecule has 2 N–H and O–H groups in total. The number of guanidine groups is 1.